The van der Waals surface area contributed by atoms with Gasteiger partial charge in [0.2, 0.25) is 0 Å². The number of esters is 1. The first-order valence-corrected chi connectivity index (χ1v) is 22.1. The fourth-order valence-corrected chi connectivity index (χ4v) is 15.8. The topological polar surface area (TPSA) is 75.7 Å². The number of ether oxygens (including phenoxy) is 1. The molecule has 0 amide bonds. The third kappa shape index (κ3) is 5.67. The number of sulfone groups is 1. The summed E-state index contributed by atoms with van der Waals surface area (Å²) in [5, 5.41) is 4.23. The highest BCUT2D eigenvalue weighted by Gasteiger charge is 2.70. The van der Waals surface area contributed by atoms with E-state index in [1.54, 1.807) is 5.57 Å². The second-order valence-corrected chi connectivity index (χ2v) is 21.8. The summed E-state index contributed by atoms with van der Waals surface area (Å²) in [5.41, 5.74) is 5.65. The minimum atomic E-state index is -2.85. The molecule has 0 aromatic carbocycles. The summed E-state index contributed by atoms with van der Waals surface area (Å²) in [6.45, 7) is 23.4. The van der Waals surface area contributed by atoms with E-state index in [1.165, 1.54) is 76.0 Å². The second kappa shape index (κ2) is 12.9. The van der Waals surface area contributed by atoms with Gasteiger partial charge in [-0.1, -0.05) is 58.9 Å². The van der Waals surface area contributed by atoms with Crippen molar-refractivity contribution in [3.63, 3.8) is 0 Å². The monoisotopic (exact) mass is 708 g/mol. The van der Waals surface area contributed by atoms with Crippen LogP contribution in [0.1, 0.15) is 119 Å². The summed E-state index contributed by atoms with van der Waals surface area (Å²) in [6, 6.07) is 0. The van der Waals surface area contributed by atoms with Gasteiger partial charge in [0.25, 0.3) is 0 Å². The van der Waals surface area contributed by atoms with Crippen molar-refractivity contribution < 1.29 is 17.9 Å². The van der Waals surface area contributed by atoms with Gasteiger partial charge in [-0.25, -0.2) is 8.42 Å². The first-order valence-electron chi connectivity index (χ1n) is 20.3. The molecular formula is C43H68N2O4S. The molecule has 0 radical (unpaired) electrons. The molecule has 10 atom stereocenters. The van der Waals surface area contributed by atoms with Gasteiger partial charge in [0.1, 0.15) is 0 Å². The summed E-state index contributed by atoms with van der Waals surface area (Å²) in [4.78, 5) is 14.6. The predicted octanol–water partition coefficient (Wildman–Crippen LogP) is 8.15. The Balaban J connectivity index is 1.12. The lowest BCUT2D eigenvalue weighted by Crippen LogP contribution is -2.68. The Morgan fingerprint density at radius 2 is 1.68 bits per heavy atom. The fourth-order valence-electron chi connectivity index (χ4n) is 14.5. The summed E-state index contributed by atoms with van der Waals surface area (Å²) in [7, 11) is -1.34. The Bertz CT molecular complexity index is 1530. The van der Waals surface area contributed by atoms with Gasteiger partial charge in [-0.2, -0.15) is 0 Å². The zero-order valence-electron chi connectivity index (χ0n) is 32.5. The average molecular weight is 709 g/mol. The van der Waals surface area contributed by atoms with E-state index in [0.29, 0.717) is 59.1 Å². The van der Waals surface area contributed by atoms with Crippen molar-refractivity contribution in [1.82, 2.24) is 10.2 Å². The van der Waals surface area contributed by atoms with Crippen LogP contribution in [0.2, 0.25) is 0 Å². The number of methoxy groups -OCH3 is 1. The predicted molar refractivity (Wildman–Crippen MR) is 203 cm³/mol. The molecule has 280 valence electrons. The van der Waals surface area contributed by atoms with Crippen LogP contribution < -0.4 is 5.32 Å². The molecule has 4 saturated carbocycles. The lowest BCUT2D eigenvalue weighted by molar-refractivity contribution is -0.221. The highest BCUT2D eigenvalue weighted by Crippen LogP contribution is 2.76. The first kappa shape index (κ1) is 36.9. The molecule has 0 spiro atoms. The number of hydrogen-bond donors (Lipinski definition) is 1. The number of nitrogens with zero attached hydrogens (tertiary/aromatic N) is 1. The molecule has 1 N–H and O–H groups in total. The van der Waals surface area contributed by atoms with Crippen molar-refractivity contribution in [3.8, 4) is 0 Å². The standard InChI is InChI=1S/C43H68N2O4S/c1-29(2)32-15-20-43(44-23-24-45-25-27-50(47,48)28-26-45)22-21-41(6)34(37(32)43)13-14-36-40(5)18-16-33(30-9-11-31(12-10-30)38(46)49-8)39(3,4)35(40)17-19-42(36,41)7/h9,16,31-32,34-37,44H,1,10-15,17-28H2,2-8H3/t31?,32-,34+,35?,36?,37+,40-,41+,42+,43-/m0/s1. The van der Waals surface area contributed by atoms with E-state index < -0.39 is 9.84 Å². The number of carbonyl (C=O) groups excluding carboxylic acids is 1. The van der Waals surface area contributed by atoms with E-state index in [1.807, 2.05) is 0 Å². The zero-order valence-corrected chi connectivity index (χ0v) is 33.4. The lowest BCUT2D eigenvalue weighted by Gasteiger charge is -2.72. The molecule has 6 aliphatic carbocycles. The molecule has 0 aromatic rings. The summed E-state index contributed by atoms with van der Waals surface area (Å²) < 4.78 is 29.2. The Kier molecular flexibility index (Phi) is 9.49. The van der Waals surface area contributed by atoms with E-state index in [-0.39, 0.29) is 28.3 Å². The van der Waals surface area contributed by atoms with Crippen LogP contribution in [0.15, 0.2) is 35.5 Å². The van der Waals surface area contributed by atoms with E-state index in [2.05, 4.69) is 70.5 Å². The van der Waals surface area contributed by atoms with Crippen LogP contribution in [0.4, 0.5) is 0 Å². The molecule has 6 nitrogen and oxygen atoms in total. The zero-order chi connectivity index (χ0) is 35.9. The number of carbonyl (C=O) groups is 1. The molecular weight excluding hydrogens is 641 g/mol. The van der Waals surface area contributed by atoms with Crippen LogP contribution in [-0.4, -0.2) is 69.6 Å². The molecule has 1 heterocycles. The molecule has 1 aliphatic heterocycles. The SMILES string of the molecule is C=C(C)[C@@H]1CC[C@]2(NCCN3CCS(=O)(=O)CC3)CC[C@]3(C)[C@H](CCC4[C@@]5(C)CC=C(C6=CCC(C(=O)OC)CC6)C(C)(C)C5CC[C@]43C)[C@@H]12. The second-order valence-electron chi connectivity index (χ2n) is 19.5. The van der Waals surface area contributed by atoms with Crippen LogP contribution in [0.5, 0.6) is 0 Å². The maximum Gasteiger partial charge on any atom is 0.308 e. The van der Waals surface area contributed by atoms with Crippen molar-refractivity contribution >= 4 is 15.8 Å². The number of rotatable bonds is 7. The Labute approximate surface area is 304 Å². The molecule has 0 aromatic heterocycles. The van der Waals surface area contributed by atoms with Crippen molar-refractivity contribution in [1.29, 1.82) is 0 Å². The van der Waals surface area contributed by atoms with Gasteiger partial charge >= 0.3 is 5.97 Å². The van der Waals surface area contributed by atoms with E-state index in [0.717, 1.165) is 38.3 Å². The molecule has 1 saturated heterocycles. The Morgan fingerprint density at radius 1 is 0.940 bits per heavy atom. The van der Waals surface area contributed by atoms with Gasteiger partial charge in [0.05, 0.1) is 24.5 Å². The minimum absolute atomic E-state index is 0.0113. The van der Waals surface area contributed by atoms with Gasteiger partial charge in [0.15, 0.2) is 9.84 Å². The molecule has 3 unspecified atom stereocenters. The fraction of sp³-hybridized carbons (Fsp3) is 0.837. The van der Waals surface area contributed by atoms with Crippen molar-refractivity contribution in [2.45, 2.75) is 124 Å². The normalized spacial score (nSPS) is 45.2. The third-order valence-corrected chi connectivity index (χ3v) is 18.9. The largest absolute Gasteiger partial charge is 0.469 e. The van der Waals surface area contributed by atoms with Gasteiger partial charge in [-0.15, -0.1) is 0 Å². The molecule has 5 fully saturated rings. The minimum Gasteiger partial charge on any atom is -0.469 e. The van der Waals surface area contributed by atoms with E-state index >= 15 is 0 Å². The smallest absolute Gasteiger partial charge is 0.308 e. The number of hydrogen-bond acceptors (Lipinski definition) is 6. The van der Waals surface area contributed by atoms with Gasteiger partial charge < -0.3 is 15.0 Å². The molecule has 0 bridgehead atoms. The van der Waals surface area contributed by atoms with Crippen LogP contribution in [0.3, 0.4) is 0 Å². The number of fused-ring (bicyclic) bond motifs is 7. The summed E-state index contributed by atoms with van der Waals surface area (Å²) >= 11 is 0. The maximum atomic E-state index is 12.3. The number of allylic oxidation sites excluding steroid dienone is 5. The van der Waals surface area contributed by atoms with Crippen molar-refractivity contribution in [2.24, 2.45) is 57.2 Å². The highest BCUT2D eigenvalue weighted by molar-refractivity contribution is 7.91. The quantitative estimate of drug-likeness (QED) is 0.213. The van der Waals surface area contributed by atoms with Gasteiger partial charge in [-0.05, 0) is 146 Å². The highest BCUT2D eigenvalue weighted by atomic mass is 32.2. The van der Waals surface area contributed by atoms with Crippen LogP contribution in [0, 0.1) is 57.2 Å². The van der Waals surface area contributed by atoms with Crippen LogP contribution in [0.25, 0.3) is 0 Å². The Hall–Kier alpha value is -1.44. The molecule has 50 heavy (non-hydrogen) atoms. The van der Waals surface area contributed by atoms with Crippen molar-refractivity contribution in [3.05, 3.63) is 35.5 Å². The van der Waals surface area contributed by atoms with Crippen LogP contribution in [-0.2, 0) is 19.4 Å². The van der Waals surface area contributed by atoms with E-state index in [9.17, 15) is 13.2 Å². The lowest BCUT2D eigenvalue weighted by atomic mass is 9.33. The van der Waals surface area contributed by atoms with Gasteiger partial charge in [0, 0.05) is 31.7 Å². The molecule has 7 heteroatoms. The average Bonchev–Trinajstić information content (AvgIpc) is 3.45. The summed E-state index contributed by atoms with van der Waals surface area (Å²) in [6.07, 6.45) is 19.3. The number of nitrogens with one attached hydrogen (secondary N) is 1. The Morgan fingerprint density at radius 3 is 2.34 bits per heavy atom. The molecule has 7 rings (SSSR count). The maximum absolute atomic E-state index is 12.3. The van der Waals surface area contributed by atoms with Gasteiger partial charge in [-0.3, -0.25) is 4.79 Å². The third-order valence-electron chi connectivity index (χ3n) is 17.3. The molecule has 7 aliphatic rings. The van der Waals surface area contributed by atoms with E-state index in [4.69, 9.17) is 4.74 Å². The first-order chi connectivity index (χ1) is 23.5. The van der Waals surface area contributed by atoms with Crippen molar-refractivity contribution in [2.75, 3.05) is 44.8 Å². The van der Waals surface area contributed by atoms with Crippen LogP contribution >= 0.6 is 0 Å². The summed E-state index contributed by atoms with van der Waals surface area (Å²) in [5.74, 6) is 3.87.